The van der Waals surface area contributed by atoms with Crippen LogP contribution in [0.25, 0.3) is 0 Å². The number of rotatable bonds is 4. The van der Waals surface area contributed by atoms with Gasteiger partial charge in [0.15, 0.2) is 0 Å². The molecule has 4 heteroatoms. The van der Waals surface area contributed by atoms with Crippen molar-refractivity contribution in [3.05, 3.63) is 0 Å². The van der Waals surface area contributed by atoms with Crippen LogP contribution >= 0.6 is 12.2 Å². The lowest BCUT2D eigenvalue weighted by atomic mass is 9.82. The van der Waals surface area contributed by atoms with Gasteiger partial charge in [-0.2, -0.15) is 0 Å². The molecule has 1 aliphatic rings. The summed E-state index contributed by atoms with van der Waals surface area (Å²) in [6.45, 7) is 6.09. The van der Waals surface area contributed by atoms with Crippen LogP contribution in [0.2, 0.25) is 0 Å². The highest BCUT2D eigenvalue weighted by Crippen LogP contribution is 2.31. The van der Waals surface area contributed by atoms with E-state index in [-0.39, 0.29) is 5.91 Å². The molecule has 1 amide bonds. The molecule has 104 valence electrons. The predicted molar refractivity (Wildman–Crippen MR) is 79.4 cm³/mol. The van der Waals surface area contributed by atoms with E-state index in [0.29, 0.717) is 23.4 Å². The van der Waals surface area contributed by atoms with Crippen LogP contribution in [0.1, 0.15) is 52.9 Å². The summed E-state index contributed by atoms with van der Waals surface area (Å²) in [5.74, 6) is 0.785. The Labute approximate surface area is 116 Å². The Morgan fingerprint density at radius 2 is 2.11 bits per heavy atom. The lowest BCUT2D eigenvalue weighted by molar-refractivity contribution is -0.139. The van der Waals surface area contributed by atoms with Crippen molar-refractivity contribution in [1.29, 1.82) is 0 Å². The van der Waals surface area contributed by atoms with Crippen LogP contribution in [0, 0.1) is 11.3 Å². The molecule has 3 unspecified atom stereocenters. The van der Waals surface area contributed by atoms with Gasteiger partial charge in [0.05, 0.1) is 10.4 Å². The first-order valence-corrected chi connectivity index (χ1v) is 7.31. The normalized spacial score (nSPS) is 27.3. The molecule has 2 N–H and O–H groups in total. The maximum atomic E-state index is 12.6. The van der Waals surface area contributed by atoms with Crippen molar-refractivity contribution >= 4 is 23.1 Å². The summed E-state index contributed by atoms with van der Waals surface area (Å²) < 4.78 is 0. The van der Waals surface area contributed by atoms with E-state index in [2.05, 4.69) is 6.92 Å². The third-order valence-corrected chi connectivity index (χ3v) is 4.95. The Balaban J connectivity index is 2.79. The SMILES string of the molecule is CCC(C)(C(=O)N(C)C1CCCC(C)C1)C(N)=S. The molecule has 0 aliphatic heterocycles. The Morgan fingerprint density at radius 1 is 1.50 bits per heavy atom. The zero-order valence-electron chi connectivity index (χ0n) is 12.0. The molecule has 0 heterocycles. The average molecular weight is 270 g/mol. The third-order valence-electron chi connectivity index (χ3n) is 4.50. The number of nitrogens with zero attached hydrogens (tertiary/aromatic N) is 1. The number of carbonyl (C=O) groups excluding carboxylic acids is 1. The fraction of sp³-hybridized carbons (Fsp3) is 0.857. The fourth-order valence-corrected chi connectivity index (χ4v) is 2.97. The van der Waals surface area contributed by atoms with Crippen molar-refractivity contribution < 1.29 is 4.79 Å². The van der Waals surface area contributed by atoms with E-state index in [1.807, 2.05) is 25.8 Å². The summed E-state index contributed by atoms with van der Waals surface area (Å²) in [5, 5.41) is 0. The van der Waals surface area contributed by atoms with E-state index in [9.17, 15) is 4.79 Å². The molecule has 0 radical (unpaired) electrons. The molecule has 1 aliphatic carbocycles. The van der Waals surface area contributed by atoms with Crippen LogP contribution < -0.4 is 5.73 Å². The van der Waals surface area contributed by atoms with Gasteiger partial charge in [0.2, 0.25) is 5.91 Å². The number of thiocarbonyl (C=S) groups is 1. The molecule has 3 atom stereocenters. The Morgan fingerprint density at radius 3 is 2.56 bits per heavy atom. The van der Waals surface area contributed by atoms with Gasteiger partial charge in [0, 0.05) is 13.1 Å². The molecule has 0 aromatic carbocycles. The van der Waals surface area contributed by atoms with E-state index in [1.54, 1.807) is 0 Å². The Kier molecular flexibility index (Phi) is 5.14. The summed E-state index contributed by atoms with van der Waals surface area (Å²) in [6, 6.07) is 0.349. The Hall–Kier alpha value is -0.640. The monoisotopic (exact) mass is 270 g/mol. The molecule has 0 spiro atoms. The van der Waals surface area contributed by atoms with Crippen molar-refractivity contribution in [1.82, 2.24) is 4.90 Å². The highest BCUT2D eigenvalue weighted by Gasteiger charge is 2.39. The largest absolute Gasteiger partial charge is 0.392 e. The number of nitrogens with two attached hydrogens (primary N) is 1. The van der Waals surface area contributed by atoms with Gasteiger partial charge in [-0.15, -0.1) is 0 Å². The summed E-state index contributed by atoms with van der Waals surface area (Å²) in [7, 11) is 1.90. The first-order chi connectivity index (χ1) is 8.32. The van der Waals surface area contributed by atoms with E-state index in [1.165, 1.54) is 12.8 Å². The van der Waals surface area contributed by atoms with Crippen molar-refractivity contribution in [3.8, 4) is 0 Å². The minimum Gasteiger partial charge on any atom is -0.392 e. The highest BCUT2D eigenvalue weighted by molar-refractivity contribution is 7.80. The van der Waals surface area contributed by atoms with Crippen LogP contribution in [0.4, 0.5) is 0 Å². The third kappa shape index (κ3) is 3.02. The quantitative estimate of drug-likeness (QED) is 0.799. The van der Waals surface area contributed by atoms with E-state index >= 15 is 0 Å². The first kappa shape index (κ1) is 15.4. The van der Waals surface area contributed by atoms with E-state index in [4.69, 9.17) is 18.0 Å². The maximum absolute atomic E-state index is 12.6. The maximum Gasteiger partial charge on any atom is 0.235 e. The average Bonchev–Trinajstić information content (AvgIpc) is 2.35. The van der Waals surface area contributed by atoms with Gasteiger partial charge in [-0.05, 0) is 32.1 Å². The lowest BCUT2D eigenvalue weighted by Crippen LogP contribution is -2.51. The van der Waals surface area contributed by atoms with Gasteiger partial charge in [-0.3, -0.25) is 4.79 Å². The molecule has 1 rings (SSSR count). The summed E-state index contributed by atoms with van der Waals surface area (Å²) in [4.78, 5) is 14.8. The molecule has 1 saturated carbocycles. The smallest absolute Gasteiger partial charge is 0.235 e. The fourth-order valence-electron chi connectivity index (χ4n) is 2.74. The molecule has 0 bridgehead atoms. The topological polar surface area (TPSA) is 46.3 Å². The minimum absolute atomic E-state index is 0.0802. The van der Waals surface area contributed by atoms with Gasteiger partial charge in [0.1, 0.15) is 0 Å². The van der Waals surface area contributed by atoms with Crippen LogP contribution in [-0.2, 0) is 4.79 Å². The van der Waals surface area contributed by atoms with Crippen molar-refractivity contribution in [2.75, 3.05) is 7.05 Å². The molecule has 0 saturated heterocycles. The van der Waals surface area contributed by atoms with Crippen molar-refractivity contribution in [2.24, 2.45) is 17.1 Å². The number of amides is 1. The van der Waals surface area contributed by atoms with Crippen LogP contribution in [0.15, 0.2) is 0 Å². The minimum atomic E-state index is -0.690. The van der Waals surface area contributed by atoms with Gasteiger partial charge in [0.25, 0.3) is 0 Å². The molecule has 0 aromatic heterocycles. The van der Waals surface area contributed by atoms with E-state index < -0.39 is 5.41 Å². The zero-order valence-corrected chi connectivity index (χ0v) is 12.8. The van der Waals surface area contributed by atoms with Gasteiger partial charge in [-0.1, -0.05) is 38.9 Å². The van der Waals surface area contributed by atoms with Crippen molar-refractivity contribution in [2.45, 2.75) is 58.9 Å². The molecule has 18 heavy (non-hydrogen) atoms. The predicted octanol–water partition coefficient (Wildman–Crippen LogP) is 2.73. The number of carbonyl (C=O) groups is 1. The molecular formula is C14H26N2OS. The second-order valence-corrected chi connectivity index (χ2v) is 6.33. The zero-order chi connectivity index (χ0) is 13.9. The second kappa shape index (κ2) is 6.00. The van der Waals surface area contributed by atoms with Crippen molar-refractivity contribution in [3.63, 3.8) is 0 Å². The molecule has 0 aromatic rings. The highest BCUT2D eigenvalue weighted by atomic mass is 32.1. The number of hydrogen-bond acceptors (Lipinski definition) is 2. The molecular weight excluding hydrogens is 244 g/mol. The van der Waals surface area contributed by atoms with E-state index in [0.717, 1.165) is 12.8 Å². The first-order valence-electron chi connectivity index (χ1n) is 6.90. The van der Waals surface area contributed by atoms with Crippen LogP contribution in [-0.4, -0.2) is 28.9 Å². The molecule has 1 fully saturated rings. The Bertz CT molecular complexity index is 332. The lowest BCUT2D eigenvalue weighted by Gasteiger charge is -2.39. The summed E-state index contributed by atoms with van der Waals surface area (Å²) in [5.41, 5.74) is 5.07. The number of hydrogen-bond donors (Lipinski definition) is 1. The van der Waals surface area contributed by atoms with Crippen LogP contribution in [0.5, 0.6) is 0 Å². The van der Waals surface area contributed by atoms with Gasteiger partial charge < -0.3 is 10.6 Å². The summed E-state index contributed by atoms with van der Waals surface area (Å²) in [6.07, 6.45) is 5.34. The summed E-state index contributed by atoms with van der Waals surface area (Å²) >= 11 is 5.08. The second-order valence-electron chi connectivity index (χ2n) is 5.89. The van der Waals surface area contributed by atoms with Gasteiger partial charge in [-0.25, -0.2) is 0 Å². The van der Waals surface area contributed by atoms with Gasteiger partial charge >= 0.3 is 0 Å². The standard InChI is InChI=1S/C14H26N2OS/c1-5-14(3,12(15)18)13(17)16(4)11-8-6-7-10(2)9-11/h10-11H,5-9H2,1-4H3,(H2,15,18). The van der Waals surface area contributed by atoms with Crippen LogP contribution in [0.3, 0.4) is 0 Å². The molecule has 3 nitrogen and oxygen atoms in total.